The average molecular weight is 314 g/mol. The molecule has 0 bridgehead atoms. The topological polar surface area (TPSA) is 68.8 Å². The third-order valence-corrected chi connectivity index (χ3v) is 4.36. The molecule has 1 aliphatic carbocycles. The minimum absolute atomic E-state index is 0.0632. The summed E-state index contributed by atoms with van der Waals surface area (Å²) in [5.41, 5.74) is -0.482. The first-order chi connectivity index (χ1) is 10.4. The molecular weight excluding hydrogens is 284 g/mol. The summed E-state index contributed by atoms with van der Waals surface area (Å²) in [6, 6.07) is 0.455. The second-order valence-corrected chi connectivity index (χ2v) is 7.21. The fourth-order valence-electron chi connectivity index (χ4n) is 3.30. The van der Waals surface area contributed by atoms with Crippen molar-refractivity contribution < 1.29 is 19.0 Å². The van der Waals surface area contributed by atoms with Crippen LogP contribution in [0.2, 0.25) is 0 Å². The van der Waals surface area contributed by atoms with Crippen molar-refractivity contribution in [2.45, 2.75) is 70.4 Å². The summed E-state index contributed by atoms with van der Waals surface area (Å²) in [5.74, 6) is 0.380. The van der Waals surface area contributed by atoms with E-state index in [0.717, 1.165) is 19.4 Å². The van der Waals surface area contributed by atoms with E-state index in [1.807, 2.05) is 20.8 Å². The van der Waals surface area contributed by atoms with Crippen LogP contribution < -0.4 is 10.6 Å². The lowest BCUT2D eigenvalue weighted by atomic mass is 9.71. The zero-order valence-corrected chi connectivity index (χ0v) is 14.3. The van der Waals surface area contributed by atoms with Gasteiger partial charge in [0.2, 0.25) is 0 Å². The monoisotopic (exact) mass is 314 g/mol. The summed E-state index contributed by atoms with van der Waals surface area (Å²) < 4.78 is 16.4. The third kappa shape index (κ3) is 4.12. The molecule has 2 N–H and O–H groups in total. The van der Waals surface area contributed by atoms with Gasteiger partial charge in [0.05, 0.1) is 24.8 Å². The van der Waals surface area contributed by atoms with Crippen LogP contribution in [0.25, 0.3) is 0 Å². The van der Waals surface area contributed by atoms with Gasteiger partial charge in [-0.3, -0.25) is 0 Å². The maximum absolute atomic E-state index is 12.1. The first-order valence-corrected chi connectivity index (χ1v) is 8.21. The van der Waals surface area contributed by atoms with Gasteiger partial charge in [0, 0.05) is 25.7 Å². The molecule has 0 aromatic rings. The minimum Gasteiger partial charge on any atom is -0.444 e. The van der Waals surface area contributed by atoms with Crippen LogP contribution in [-0.4, -0.2) is 56.2 Å². The van der Waals surface area contributed by atoms with Gasteiger partial charge in [0.1, 0.15) is 5.60 Å². The van der Waals surface area contributed by atoms with Crippen molar-refractivity contribution in [1.29, 1.82) is 0 Å². The van der Waals surface area contributed by atoms with E-state index < -0.39 is 5.60 Å². The van der Waals surface area contributed by atoms with Crippen molar-refractivity contribution in [2.75, 3.05) is 20.3 Å². The predicted octanol–water partition coefficient (Wildman–Crippen LogP) is 1.68. The second kappa shape index (κ2) is 7.15. The van der Waals surface area contributed by atoms with Crippen LogP contribution in [0.3, 0.4) is 0 Å². The zero-order valence-electron chi connectivity index (χ0n) is 14.3. The number of nitrogens with one attached hydrogen (secondary N) is 2. The van der Waals surface area contributed by atoms with Crippen molar-refractivity contribution >= 4 is 6.09 Å². The maximum Gasteiger partial charge on any atom is 0.407 e. The maximum atomic E-state index is 12.1. The number of hydrogen-bond donors (Lipinski definition) is 2. The molecule has 2 rings (SSSR count). The van der Waals surface area contributed by atoms with Crippen LogP contribution in [0.4, 0.5) is 4.79 Å². The highest BCUT2D eigenvalue weighted by Crippen LogP contribution is 2.39. The van der Waals surface area contributed by atoms with E-state index in [1.54, 1.807) is 7.11 Å². The number of alkyl carbamates (subject to hydrolysis) is 1. The Morgan fingerprint density at radius 2 is 2.09 bits per heavy atom. The SMILES string of the molecule is CCC(COC)NC1C(NC(=O)OC(C)(C)C)C2CCOC21. The Kier molecular flexibility index (Phi) is 5.69. The van der Waals surface area contributed by atoms with Gasteiger partial charge in [-0.25, -0.2) is 4.79 Å². The lowest BCUT2D eigenvalue weighted by molar-refractivity contribution is -0.0408. The number of rotatable bonds is 6. The highest BCUT2D eigenvalue weighted by molar-refractivity contribution is 5.68. The number of hydrogen-bond acceptors (Lipinski definition) is 5. The highest BCUT2D eigenvalue weighted by atomic mass is 16.6. The molecule has 0 aromatic carbocycles. The molecule has 1 saturated carbocycles. The molecule has 22 heavy (non-hydrogen) atoms. The van der Waals surface area contributed by atoms with Gasteiger partial charge in [0.15, 0.2) is 0 Å². The molecule has 1 aliphatic heterocycles. The van der Waals surface area contributed by atoms with Gasteiger partial charge in [-0.2, -0.15) is 0 Å². The fraction of sp³-hybridized carbons (Fsp3) is 0.938. The van der Waals surface area contributed by atoms with Crippen molar-refractivity contribution in [3.05, 3.63) is 0 Å². The Labute approximate surface area is 133 Å². The molecule has 128 valence electrons. The molecular formula is C16H30N2O4. The van der Waals surface area contributed by atoms with E-state index in [9.17, 15) is 4.79 Å². The lowest BCUT2D eigenvalue weighted by Gasteiger charge is -2.49. The largest absolute Gasteiger partial charge is 0.444 e. The van der Waals surface area contributed by atoms with E-state index in [0.29, 0.717) is 12.5 Å². The Morgan fingerprint density at radius 1 is 1.36 bits per heavy atom. The summed E-state index contributed by atoms with van der Waals surface area (Å²) in [7, 11) is 1.70. The first-order valence-electron chi connectivity index (χ1n) is 8.21. The smallest absolute Gasteiger partial charge is 0.407 e. The molecule has 1 heterocycles. The molecule has 0 aromatic heterocycles. The highest BCUT2D eigenvalue weighted by Gasteiger charge is 2.55. The van der Waals surface area contributed by atoms with Crippen LogP contribution in [-0.2, 0) is 14.2 Å². The number of methoxy groups -OCH3 is 1. The molecule has 1 amide bonds. The Morgan fingerprint density at radius 3 is 2.68 bits per heavy atom. The fourth-order valence-corrected chi connectivity index (χ4v) is 3.30. The summed E-state index contributed by atoms with van der Waals surface area (Å²) in [6.07, 6.45) is 1.80. The van der Waals surface area contributed by atoms with Crippen LogP contribution in [0.5, 0.6) is 0 Å². The van der Waals surface area contributed by atoms with Crippen LogP contribution in [0.15, 0.2) is 0 Å². The molecule has 2 fully saturated rings. The molecule has 5 atom stereocenters. The summed E-state index contributed by atoms with van der Waals surface area (Å²) >= 11 is 0. The number of carbonyl (C=O) groups is 1. The summed E-state index contributed by atoms with van der Waals surface area (Å²) in [5, 5.41) is 6.60. The van der Waals surface area contributed by atoms with Crippen molar-refractivity contribution in [3.8, 4) is 0 Å². The molecule has 6 nitrogen and oxygen atoms in total. The van der Waals surface area contributed by atoms with E-state index in [4.69, 9.17) is 14.2 Å². The molecule has 6 heteroatoms. The standard InChI is InChI=1S/C16H30N2O4/c1-6-10(9-20-5)17-13-12(11-7-8-21-14(11)13)18-15(19)22-16(2,3)4/h10-14,17H,6-9H2,1-5H3,(H,18,19). The average Bonchev–Trinajstić information content (AvgIpc) is 2.83. The van der Waals surface area contributed by atoms with Gasteiger partial charge in [-0.15, -0.1) is 0 Å². The van der Waals surface area contributed by atoms with Crippen LogP contribution >= 0.6 is 0 Å². The summed E-state index contributed by atoms with van der Waals surface area (Å²) in [4.78, 5) is 12.1. The summed E-state index contributed by atoms with van der Waals surface area (Å²) in [6.45, 7) is 9.16. The Hall–Kier alpha value is -0.850. The van der Waals surface area contributed by atoms with Gasteiger partial charge in [-0.05, 0) is 33.6 Å². The Bertz CT molecular complexity index is 383. The molecule has 2 aliphatic rings. The quantitative estimate of drug-likeness (QED) is 0.781. The lowest BCUT2D eigenvalue weighted by Crippen LogP contribution is -2.71. The van der Waals surface area contributed by atoms with Gasteiger partial charge in [-0.1, -0.05) is 6.92 Å². The first kappa shape index (κ1) is 17.5. The number of amides is 1. The molecule has 0 radical (unpaired) electrons. The Balaban J connectivity index is 1.93. The van der Waals surface area contributed by atoms with Gasteiger partial charge >= 0.3 is 6.09 Å². The van der Waals surface area contributed by atoms with E-state index >= 15 is 0 Å². The van der Waals surface area contributed by atoms with Crippen molar-refractivity contribution in [1.82, 2.24) is 10.6 Å². The second-order valence-electron chi connectivity index (χ2n) is 7.21. The van der Waals surface area contributed by atoms with E-state index in [1.165, 1.54) is 0 Å². The molecule has 0 spiro atoms. The number of ether oxygens (including phenoxy) is 3. The number of carbonyl (C=O) groups excluding carboxylic acids is 1. The van der Waals surface area contributed by atoms with Gasteiger partial charge < -0.3 is 24.8 Å². The normalized spacial score (nSPS) is 32.0. The van der Waals surface area contributed by atoms with Crippen LogP contribution in [0.1, 0.15) is 40.5 Å². The van der Waals surface area contributed by atoms with Crippen molar-refractivity contribution in [2.24, 2.45) is 5.92 Å². The van der Waals surface area contributed by atoms with E-state index in [-0.39, 0.29) is 30.3 Å². The molecule has 1 saturated heterocycles. The zero-order chi connectivity index (χ0) is 16.3. The van der Waals surface area contributed by atoms with Crippen LogP contribution in [0, 0.1) is 5.92 Å². The van der Waals surface area contributed by atoms with Gasteiger partial charge in [0.25, 0.3) is 0 Å². The van der Waals surface area contributed by atoms with Crippen molar-refractivity contribution in [3.63, 3.8) is 0 Å². The molecule has 5 unspecified atom stereocenters. The predicted molar refractivity (Wildman–Crippen MR) is 83.9 cm³/mol. The number of fused-ring (bicyclic) bond motifs is 1. The van der Waals surface area contributed by atoms with E-state index in [2.05, 4.69) is 17.6 Å². The third-order valence-electron chi connectivity index (χ3n) is 4.36. The minimum atomic E-state index is -0.482.